The minimum Gasteiger partial charge on any atom is -0.377 e. The first-order chi connectivity index (χ1) is 11.5. The lowest BCUT2D eigenvalue weighted by Crippen LogP contribution is -2.39. The largest absolute Gasteiger partial charge is 0.377 e. The zero-order valence-corrected chi connectivity index (χ0v) is 14.9. The molecule has 7 nitrogen and oxygen atoms in total. The summed E-state index contributed by atoms with van der Waals surface area (Å²) >= 11 is 6.05. The Hall–Kier alpha value is -1.48. The van der Waals surface area contributed by atoms with Gasteiger partial charge in [-0.15, -0.1) is 10.2 Å². The summed E-state index contributed by atoms with van der Waals surface area (Å²) in [5.41, 5.74) is 0. The van der Waals surface area contributed by atoms with Gasteiger partial charge in [-0.25, -0.2) is 8.42 Å². The number of methoxy groups -OCH3 is 1. The van der Waals surface area contributed by atoms with Crippen molar-refractivity contribution in [3.05, 3.63) is 41.4 Å². The normalized spacial score (nSPS) is 17.2. The average molecular weight is 371 g/mol. The van der Waals surface area contributed by atoms with Gasteiger partial charge in [0.15, 0.2) is 5.82 Å². The summed E-state index contributed by atoms with van der Waals surface area (Å²) in [6.45, 7) is 1.25. The minimum atomic E-state index is -3.57. The van der Waals surface area contributed by atoms with Gasteiger partial charge in [-0.2, -0.15) is 4.31 Å². The fourth-order valence-corrected chi connectivity index (χ4v) is 4.92. The molecule has 3 rings (SSSR count). The van der Waals surface area contributed by atoms with Crippen LogP contribution in [0.3, 0.4) is 0 Å². The van der Waals surface area contributed by atoms with Gasteiger partial charge in [0.25, 0.3) is 0 Å². The Bertz CT molecular complexity index is 801. The van der Waals surface area contributed by atoms with E-state index in [0.717, 1.165) is 5.82 Å². The van der Waals surface area contributed by atoms with Gasteiger partial charge < -0.3 is 9.30 Å². The molecule has 0 spiro atoms. The number of hydrogen-bond acceptors (Lipinski definition) is 5. The first-order valence-corrected chi connectivity index (χ1v) is 9.48. The number of hydrogen-bond donors (Lipinski definition) is 0. The smallest absolute Gasteiger partial charge is 0.244 e. The van der Waals surface area contributed by atoms with E-state index in [0.29, 0.717) is 32.5 Å². The molecule has 9 heteroatoms. The van der Waals surface area contributed by atoms with Crippen LogP contribution in [-0.4, -0.2) is 47.7 Å². The van der Waals surface area contributed by atoms with Crippen LogP contribution in [0.4, 0.5) is 0 Å². The Balaban J connectivity index is 1.73. The Labute approximate surface area is 146 Å². The van der Waals surface area contributed by atoms with Crippen molar-refractivity contribution in [1.82, 2.24) is 19.1 Å². The summed E-state index contributed by atoms with van der Waals surface area (Å²) in [6.07, 6.45) is 3.06. The van der Waals surface area contributed by atoms with Crippen molar-refractivity contribution in [3.8, 4) is 0 Å². The van der Waals surface area contributed by atoms with E-state index in [9.17, 15) is 8.42 Å². The van der Waals surface area contributed by atoms with E-state index in [4.69, 9.17) is 16.3 Å². The second kappa shape index (κ2) is 7.18. The average Bonchev–Trinajstić information content (AvgIpc) is 3.04. The van der Waals surface area contributed by atoms with Gasteiger partial charge in [-0.3, -0.25) is 0 Å². The lowest BCUT2D eigenvalue weighted by atomic mass is 10.1. The van der Waals surface area contributed by atoms with Crippen LogP contribution in [0.1, 0.15) is 24.7 Å². The van der Waals surface area contributed by atoms with Gasteiger partial charge in [0, 0.05) is 26.2 Å². The fraction of sp³-hybridized carbons (Fsp3) is 0.467. The molecule has 0 aliphatic carbocycles. The predicted molar refractivity (Wildman–Crippen MR) is 89.2 cm³/mol. The number of nitrogens with zero attached hydrogens (tertiary/aromatic N) is 4. The van der Waals surface area contributed by atoms with Crippen molar-refractivity contribution in [1.29, 1.82) is 0 Å². The zero-order valence-electron chi connectivity index (χ0n) is 13.3. The summed E-state index contributed by atoms with van der Waals surface area (Å²) in [5, 5.41) is 8.22. The van der Waals surface area contributed by atoms with Crippen LogP contribution in [0, 0.1) is 0 Å². The SMILES string of the molecule is COCc1nncn1C1CCN(S(=O)(=O)c2ccccc2Cl)CC1. The highest BCUT2D eigenvalue weighted by Crippen LogP contribution is 2.30. The van der Waals surface area contributed by atoms with Crippen molar-refractivity contribution in [3.63, 3.8) is 0 Å². The number of aromatic nitrogens is 3. The number of halogens is 1. The van der Waals surface area contributed by atoms with Gasteiger partial charge >= 0.3 is 0 Å². The molecule has 130 valence electrons. The van der Waals surface area contributed by atoms with Crippen molar-refractivity contribution < 1.29 is 13.2 Å². The van der Waals surface area contributed by atoms with Crippen LogP contribution in [0.15, 0.2) is 35.5 Å². The van der Waals surface area contributed by atoms with Crippen LogP contribution in [0.25, 0.3) is 0 Å². The van der Waals surface area contributed by atoms with Crippen molar-refractivity contribution >= 4 is 21.6 Å². The Morgan fingerprint density at radius 1 is 1.29 bits per heavy atom. The number of piperidine rings is 1. The van der Waals surface area contributed by atoms with Gasteiger partial charge in [-0.05, 0) is 25.0 Å². The molecular weight excluding hydrogens is 352 g/mol. The molecule has 0 bridgehead atoms. The maximum Gasteiger partial charge on any atom is 0.244 e. The molecule has 0 radical (unpaired) electrons. The third-order valence-corrected chi connectivity index (χ3v) is 6.59. The molecule has 2 heterocycles. The van der Waals surface area contributed by atoms with Crippen LogP contribution in [0.2, 0.25) is 5.02 Å². The lowest BCUT2D eigenvalue weighted by molar-refractivity contribution is 0.167. The van der Waals surface area contributed by atoms with Gasteiger partial charge in [-0.1, -0.05) is 23.7 Å². The van der Waals surface area contributed by atoms with Crippen LogP contribution in [0.5, 0.6) is 0 Å². The molecule has 1 aromatic carbocycles. The molecule has 0 unspecified atom stereocenters. The van der Waals surface area contributed by atoms with E-state index in [-0.39, 0.29) is 16.0 Å². The molecule has 1 aromatic heterocycles. The second-order valence-corrected chi connectivity index (χ2v) is 7.97. The topological polar surface area (TPSA) is 77.3 Å². The second-order valence-electron chi connectivity index (χ2n) is 5.65. The number of sulfonamides is 1. The molecule has 0 saturated carbocycles. The fourth-order valence-electron chi connectivity index (χ4n) is 2.96. The lowest BCUT2D eigenvalue weighted by Gasteiger charge is -2.32. The molecule has 1 aliphatic heterocycles. The molecular formula is C15H19ClN4O3S. The van der Waals surface area contributed by atoms with E-state index in [2.05, 4.69) is 10.2 Å². The van der Waals surface area contributed by atoms with Gasteiger partial charge in [0.05, 0.1) is 5.02 Å². The first-order valence-electron chi connectivity index (χ1n) is 7.66. The number of ether oxygens (including phenoxy) is 1. The van der Waals surface area contributed by atoms with E-state index in [1.807, 2.05) is 4.57 Å². The highest BCUT2D eigenvalue weighted by atomic mass is 35.5. The highest BCUT2D eigenvalue weighted by molar-refractivity contribution is 7.89. The van der Waals surface area contributed by atoms with Crippen LogP contribution >= 0.6 is 11.6 Å². The summed E-state index contributed by atoms with van der Waals surface area (Å²) in [4.78, 5) is 0.162. The van der Waals surface area contributed by atoms with Crippen molar-refractivity contribution in [2.75, 3.05) is 20.2 Å². The van der Waals surface area contributed by atoms with Crippen LogP contribution in [-0.2, 0) is 21.4 Å². The maximum atomic E-state index is 12.8. The van der Waals surface area contributed by atoms with Crippen molar-refractivity contribution in [2.24, 2.45) is 0 Å². The predicted octanol–water partition coefficient (Wildman–Crippen LogP) is 2.10. The van der Waals surface area contributed by atoms with Gasteiger partial charge in [0.1, 0.15) is 17.8 Å². The third kappa shape index (κ3) is 3.32. The maximum absolute atomic E-state index is 12.8. The monoisotopic (exact) mass is 370 g/mol. The zero-order chi connectivity index (χ0) is 17.2. The summed E-state index contributed by atoms with van der Waals surface area (Å²) in [7, 11) is -1.96. The molecule has 1 saturated heterocycles. The molecule has 24 heavy (non-hydrogen) atoms. The summed E-state index contributed by atoms with van der Waals surface area (Å²) in [5.74, 6) is 0.755. The first kappa shape index (κ1) is 17.3. The van der Waals surface area contributed by atoms with E-state index in [1.54, 1.807) is 37.7 Å². The molecule has 1 aliphatic rings. The number of benzene rings is 1. The highest BCUT2D eigenvalue weighted by Gasteiger charge is 2.31. The summed E-state index contributed by atoms with van der Waals surface area (Å²) < 4.78 is 34.1. The van der Waals surface area contributed by atoms with E-state index < -0.39 is 10.0 Å². The van der Waals surface area contributed by atoms with Crippen LogP contribution < -0.4 is 0 Å². The molecule has 0 N–H and O–H groups in total. The quantitative estimate of drug-likeness (QED) is 0.805. The molecule has 1 fully saturated rings. The summed E-state index contributed by atoms with van der Waals surface area (Å²) in [6, 6.07) is 6.70. The Morgan fingerprint density at radius 2 is 2.00 bits per heavy atom. The number of rotatable bonds is 5. The third-order valence-electron chi connectivity index (χ3n) is 4.19. The van der Waals surface area contributed by atoms with E-state index >= 15 is 0 Å². The standard InChI is InChI=1S/C15H19ClN4O3S/c1-23-10-15-18-17-11-20(15)12-6-8-19(9-7-12)24(21,22)14-5-3-2-4-13(14)16/h2-5,11-12H,6-10H2,1H3. The van der Waals surface area contributed by atoms with Gasteiger partial charge in [0.2, 0.25) is 10.0 Å². The molecule has 0 atom stereocenters. The van der Waals surface area contributed by atoms with Crippen molar-refractivity contribution in [2.45, 2.75) is 30.4 Å². The molecule has 0 amide bonds. The van der Waals surface area contributed by atoms with E-state index in [1.165, 1.54) is 4.31 Å². The Kier molecular flexibility index (Phi) is 5.19. The Morgan fingerprint density at radius 3 is 2.67 bits per heavy atom. The molecule has 2 aromatic rings. The minimum absolute atomic E-state index is 0.162.